The van der Waals surface area contributed by atoms with Crippen LogP contribution in [0.1, 0.15) is 5.56 Å². The molecular weight excluding hydrogens is 190 g/mol. The summed E-state index contributed by atoms with van der Waals surface area (Å²) in [5.41, 5.74) is 0.855. The molecule has 14 heavy (non-hydrogen) atoms. The molecule has 0 atom stereocenters. The van der Waals surface area contributed by atoms with Gasteiger partial charge in [-0.3, -0.25) is 0 Å². The number of hydrogen-bond acceptors (Lipinski definition) is 2. The largest absolute Gasteiger partial charge is 0.504 e. The average molecular weight is 200 g/mol. The molecule has 0 unspecified atom stereocenters. The van der Waals surface area contributed by atoms with E-state index < -0.39 is 6.61 Å². The van der Waals surface area contributed by atoms with Crippen molar-refractivity contribution in [3.05, 3.63) is 36.1 Å². The Bertz CT molecular complexity index is 293. The van der Waals surface area contributed by atoms with Gasteiger partial charge in [-0.15, -0.1) is 0 Å². The van der Waals surface area contributed by atoms with Gasteiger partial charge in [-0.2, -0.15) is 8.78 Å². The van der Waals surface area contributed by atoms with Gasteiger partial charge >= 0.3 is 6.61 Å². The van der Waals surface area contributed by atoms with Crippen LogP contribution in [0.4, 0.5) is 8.78 Å². The zero-order valence-electron chi connectivity index (χ0n) is 7.61. The summed E-state index contributed by atoms with van der Waals surface area (Å²) < 4.78 is 32.4. The Morgan fingerprint density at radius 2 is 1.86 bits per heavy atom. The van der Waals surface area contributed by atoms with Crippen LogP contribution in [0.2, 0.25) is 0 Å². The Balaban J connectivity index is 2.64. The van der Waals surface area contributed by atoms with Gasteiger partial charge in [-0.25, -0.2) is 0 Å². The Hall–Kier alpha value is -1.58. The maximum absolute atomic E-state index is 11.8. The lowest BCUT2D eigenvalue weighted by molar-refractivity contribution is -0.0498. The van der Waals surface area contributed by atoms with Crippen molar-refractivity contribution >= 4 is 6.08 Å². The van der Waals surface area contributed by atoms with Gasteiger partial charge in [0.2, 0.25) is 0 Å². The van der Waals surface area contributed by atoms with Crippen molar-refractivity contribution < 1.29 is 18.3 Å². The lowest BCUT2D eigenvalue weighted by Crippen LogP contribution is -2.01. The molecule has 0 saturated carbocycles. The first-order chi connectivity index (χ1) is 6.72. The van der Waals surface area contributed by atoms with Gasteiger partial charge in [0.1, 0.15) is 5.75 Å². The molecular formula is C10H10F2O2. The van der Waals surface area contributed by atoms with E-state index in [4.69, 9.17) is 4.74 Å². The van der Waals surface area contributed by atoms with Crippen LogP contribution in [0.3, 0.4) is 0 Å². The highest BCUT2D eigenvalue weighted by Crippen LogP contribution is 2.15. The second kappa shape index (κ2) is 5.21. The lowest BCUT2D eigenvalue weighted by atomic mass is 10.2. The summed E-state index contributed by atoms with van der Waals surface area (Å²) >= 11 is 0. The van der Waals surface area contributed by atoms with Gasteiger partial charge in [0, 0.05) is 0 Å². The molecule has 0 saturated heterocycles. The highest BCUT2D eigenvalue weighted by molar-refractivity contribution is 5.49. The van der Waals surface area contributed by atoms with Crippen molar-refractivity contribution in [1.29, 1.82) is 0 Å². The van der Waals surface area contributed by atoms with Crippen molar-refractivity contribution in [1.82, 2.24) is 0 Å². The number of halogens is 2. The van der Waals surface area contributed by atoms with Crippen molar-refractivity contribution in [3.63, 3.8) is 0 Å². The Morgan fingerprint density at radius 1 is 1.21 bits per heavy atom. The smallest absolute Gasteiger partial charge is 0.387 e. The summed E-state index contributed by atoms with van der Waals surface area (Å²) in [6.45, 7) is -2.78. The molecule has 76 valence electrons. The van der Waals surface area contributed by atoms with Crippen LogP contribution in [0, 0.1) is 0 Å². The minimum atomic E-state index is -2.78. The number of ether oxygens (including phenoxy) is 2. The predicted molar refractivity (Wildman–Crippen MR) is 49.1 cm³/mol. The minimum Gasteiger partial charge on any atom is -0.504 e. The summed E-state index contributed by atoms with van der Waals surface area (Å²) in [4.78, 5) is 0. The van der Waals surface area contributed by atoms with E-state index >= 15 is 0 Å². The topological polar surface area (TPSA) is 18.5 Å². The van der Waals surface area contributed by atoms with Gasteiger partial charge < -0.3 is 9.47 Å². The van der Waals surface area contributed by atoms with Crippen LogP contribution in [0.15, 0.2) is 30.5 Å². The first-order valence-corrected chi connectivity index (χ1v) is 3.96. The second-order valence-electron chi connectivity index (χ2n) is 2.49. The van der Waals surface area contributed by atoms with Gasteiger partial charge in [-0.1, -0.05) is 12.1 Å². The Kier molecular flexibility index (Phi) is 3.91. The second-order valence-corrected chi connectivity index (χ2v) is 2.49. The molecule has 0 fully saturated rings. The number of methoxy groups -OCH3 is 1. The third-order valence-corrected chi connectivity index (χ3v) is 1.50. The fourth-order valence-electron chi connectivity index (χ4n) is 0.907. The van der Waals surface area contributed by atoms with E-state index in [0.29, 0.717) is 0 Å². The normalized spacial score (nSPS) is 10.9. The molecule has 4 heteroatoms. The highest BCUT2D eigenvalue weighted by atomic mass is 19.3. The zero-order chi connectivity index (χ0) is 10.4. The van der Waals surface area contributed by atoms with Gasteiger partial charge in [-0.05, 0) is 23.8 Å². The number of rotatable bonds is 4. The maximum Gasteiger partial charge on any atom is 0.387 e. The molecule has 0 heterocycles. The molecule has 0 aromatic heterocycles. The summed E-state index contributed by atoms with van der Waals surface area (Å²) in [6.07, 6.45) is 3.22. The van der Waals surface area contributed by atoms with Gasteiger partial charge in [0.15, 0.2) is 0 Å². The highest BCUT2D eigenvalue weighted by Gasteiger charge is 2.02. The summed E-state index contributed by atoms with van der Waals surface area (Å²) in [6, 6.07) is 6.27. The Morgan fingerprint density at radius 3 is 2.36 bits per heavy atom. The lowest BCUT2D eigenvalue weighted by Gasteiger charge is -2.03. The molecule has 0 bridgehead atoms. The van der Waals surface area contributed by atoms with Crippen molar-refractivity contribution in [2.75, 3.05) is 7.11 Å². The third-order valence-electron chi connectivity index (χ3n) is 1.50. The number of hydrogen-bond donors (Lipinski definition) is 0. The molecule has 2 nitrogen and oxygen atoms in total. The quantitative estimate of drug-likeness (QED) is 0.696. The fourth-order valence-corrected chi connectivity index (χ4v) is 0.907. The average Bonchev–Trinajstić information content (AvgIpc) is 2.16. The summed E-state index contributed by atoms with van der Waals surface area (Å²) in [5.74, 6) is 0.148. The minimum absolute atomic E-state index is 0.148. The van der Waals surface area contributed by atoms with E-state index in [1.54, 1.807) is 18.2 Å². The molecule has 0 aliphatic rings. The molecule has 0 spiro atoms. The zero-order valence-corrected chi connectivity index (χ0v) is 7.61. The first-order valence-electron chi connectivity index (χ1n) is 3.96. The van der Waals surface area contributed by atoms with Gasteiger partial charge in [0.05, 0.1) is 13.4 Å². The van der Waals surface area contributed by atoms with E-state index in [9.17, 15) is 8.78 Å². The standard InChI is InChI=1S/C10H10F2O2/c1-13-7-6-8-2-4-9(5-3-8)14-10(11)12/h2-7,10H,1H3/b7-6-. The summed E-state index contributed by atoms with van der Waals surface area (Å²) in [7, 11) is 1.53. The maximum atomic E-state index is 11.8. The van der Waals surface area contributed by atoms with E-state index in [2.05, 4.69) is 4.74 Å². The molecule has 1 rings (SSSR count). The summed E-state index contributed by atoms with van der Waals surface area (Å²) in [5, 5.41) is 0. The molecule has 0 aliphatic carbocycles. The monoisotopic (exact) mass is 200 g/mol. The first kappa shape index (κ1) is 10.5. The van der Waals surface area contributed by atoms with Crippen molar-refractivity contribution in [2.24, 2.45) is 0 Å². The molecule has 0 aliphatic heterocycles. The van der Waals surface area contributed by atoms with E-state index in [0.717, 1.165) is 5.56 Å². The van der Waals surface area contributed by atoms with Crippen LogP contribution >= 0.6 is 0 Å². The third kappa shape index (κ3) is 3.43. The predicted octanol–water partition coefficient (Wildman–Crippen LogP) is 2.91. The van der Waals surface area contributed by atoms with Crippen LogP contribution < -0.4 is 4.74 Å². The SMILES string of the molecule is CO/C=C\c1ccc(OC(F)F)cc1. The van der Waals surface area contributed by atoms with Gasteiger partial charge in [0.25, 0.3) is 0 Å². The van der Waals surface area contributed by atoms with E-state index in [1.165, 1.54) is 25.5 Å². The van der Waals surface area contributed by atoms with Crippen LogP contribution in [0.5, 0.6) is 5.75 Å². The molecule has 1 aromatic rings. The molecule has 0 amide bonds. The van der Waals surface area contributed by atoms with E-state index in [1.807, 2.05) is 0 Å². The van der Waals surface area contributed by atoms with Crippen LogP contribution in [-0.2, 0) is 4.74 Å². The molecule has 0 radical (unpaired) electrons. The van der Waals surface area contributed by atoms with E-state index in [-0.39, 0.29) is 5.75 Å². The molecule has 0 N–H and O–H groups in total. The molecule has 1 aromatic carbocycles. The van der Waals surface area contributed by atoms with Crippen LogP contribution in [0.25, 0.3) is 6.08 Å². The fraction of sp³-hybridized carbons (Fsp3) is 0.200. The number of benzene rings is 1. The van der Waals surface area contributed by atoms with Crippen LogP contribution in [-0.4, -0.2) is 13.7 Å². The van der Waals surface area contributed by atoms with Crippen molar-refractivity contribution in [3.8, 4) is 5.75 Å². The van der Waals surface area contributed by atoms with Crippen molar-refractivity contribution in [2.45, 2.75) is 6.61 Å². The Labute approximate surface area is 80.8 Å². The number of alkyl halides is 2.